The largest absolute Gasteiger partial charge is 0.490 e. The van der Waals surface area contributed by atoms with E-state index in [0.717, 1.165) is 12.0 Å². The molecule has 0 aliphatic carbocycles. The molecule has 0 radical (unpaired) electrons. The number of likely N-dealkylation sites (tertiary alicyclic amines) is 1. The van der Waals surface area contributed by atoms with Crippen LogP contribution in [-0.2, 0) is 27.3 Å². The van der Waals surface area contributed by atoms with E-state index in [1.165, 1.54) is 6.07 Å². The highest BCUT2D eigenvalue weighted by atomic mass is 19.4. The summed E-state index contributed by atoms with van der Waals surface area (Å²) in [7, 11) is 0. The minimum atomic E-state index is -5.08. The number of nitrogens with one attached hydrogen (secondary N) is 1. The minimum absolute atomic E-state index is 0.105. The number of carbonyl (C=O) groups excluding carboxylic acids is 2. The first kappa shape index (κ1) is 29.3. The van der Waals surface area contributed by atoms with Gasteiger partial charge in [0.05, 0.1) is 5.56 Å². The molecule has 2 amide bonds. The Morgan fingerprint density at radius 1 is 1.03 bits per heavy atom. The van der Waals surface area contributed by atoms with E-state index in [0.29, 0.717) is 24.9 Å². The van der Waals surface area contributed by atoms with Gasteiger partial charge in [0.2, 0.25) is 11.8 Å². The zero-order chi connectivity index (χ0) is 27.6. The van der Waals surface area contributed by atoms with Gasteiger partial charge in [-0.15, -0.1) is 0 Å². The van der Waals surface area contributed by atoms with Gasteiger partial charge < -0.3 is 26.2 Å². The Kier molecular flexibility index (Phi) is 10.6. The molecule has 3 rings (SSSR count). The number of aliphatic carboxylic acids is 1. The Morgan fingerprint density at radius 3 is 2.22 bits per heavy atom. The van der Waals surface area contributed by atoms with Crippen LogP contribution in [0.15, 0.2) is 54.6 Å². The van der Waals surface area contributed by atoms with Crippen LogP contribution in [0.4, 0.5) is 13.2 Å². The molecule has 2 atom stereocenters. The third kappa shape index (κ3) is 9.22. The molecular weight excluding hydrogens is 495 g/mol. The fourth-order valence-corrected chi connectivity index (χ4v) is 3.85. The van der Waals surface area contributed by atoms with Crippen molar-refractivity contribution in [2.75, 3.05) is 6.54 Å². The molecule has 0 spiro atoms. The number of alkyl halides is 3. The van der Waals surface area contributed by atoms with Gasteiger partial charge in [0.1, 0.15) is 6.04 Å². The molecule has 2 aromatic carbocycles. The first-order chi connectivity index (χ1) is 17.4. The number of halogens is 3. The molecule has 2 aromatic rings. The van der Waals surface area contributed by atoms with Crippen LogP contribution < -0.4 is 11.1 Å². The third-order valence-electron chi connectivity index (χ3n) is 5.60. The summed E-state index contributed by atoms with van der Waals surface area (Å²) in [5.74, 6) is -4.18. The van der Waals surface area contributed by atoms with E-state index in [-0.39, 0.29) is 36.4 Å². The molecule has 1 heterocycles. The highest BCUT2D eigenvalue weighted by molar-refractivity contribution is 5.90. The number of carbonyl (C=O) groups is 4. The molecular formula is C25H28F3N3O6. The van der Waals surface area contributed by atoms with Crippen molar-refractivity contribution >= 4 is 23.8 Å². The van der Waals surface area contributed by atoms with Crippen molar-refractivity contribution in [3.05, 3.63) is 71.3 Å². The number of carboxylic acid groups (broad SMARTS) is 2. The Labute approximate surface area is 211 Å². The second kappa shape index (κ2) is 13.4. The lowest BCUT2D eigenvalue weighted by atomic mass is 10.0. The topological polar surface area (TPSA) is 150 Å². The van der Waals surface area contributed by atoms with Crippen molar-refractivity contribution in [2.45, 2.75) is 50.5 Å². The van der Waals surface area contributed by atoms with Gasteiger partial charge in [-0.1, -0.05) is 48.5 Å². The lowest BCUT2D eigenvalue weighted by Gasteiger charge is -2.25. The fraction of sp³-hybridized carbons (Fsp3) is 0.360. The first-order valence-corrected chi connectivity index (χ1v) is 11.4. The second-order valence-corrected chi connectivity index (χ2v) is 8.38. The molecule has 37 heavy (non-hydrogen) atoms. The van der Waals surface area contributed by atoms with Crippen molar-refractivity contribution in [3.8, 4) is 0 Å². The summed E-state index contributed by atoms with van der Waals surface area (Å²) in [6.45, 7) is 0.633. The number of rotatable bonds is 8. The summed E-state index contributed by atoms with van der Waals surface area (Å²) < 4.78 is 31.7. The van der Waals surface area contributed by atoms with Crippen molar-refractivity contribution in [1.29, 1.82) is 0 Å². The maximum atomic E-state index is 12.8. The Bertz CT molecular complexity index is 1090. The zero-order valence-electron chi connectivity index (χ0n) is 19.8. The van der Waals surface area contributed by atoms with Crippen molar-refractivity contribution in [3.63, 3.8) is 0 Å². The summed E-state index contributed by atoms with van der Waals surface area (Å²) in [6.07, 6.45) is -2.96. The number of hydrogen-bond acceptors (Lipinski definition) is 5. The Hall–Kier alpha value is -3.93. The SMILES string of the molecule is NC(CC(=O)N1CCC[C@H]1C(=O)NCc1ccccc1C(=O)O)Cc1ccccc1.O=C(O)C(F)(F)F. The van der Waals surface area contributed by atoms with Gasteiger partial charge in [-0.25, -0.2) is 9.59 Å². The van der Waals surface area contributed by atoms with Gasteiger partial charge in [0.25, 0.3) is 0 Å². The Morgan fingerprint density at radius 2 is 1.62 bits per heavy atom. The van der Waals surface area contributed by atoms with E-state index < -0.39 is 24.2 Å². The molecule has 5 N–H and O–H groups in total. The molecule has 12 heteroatoms. The number of hydrogen-bond donors (Lipinski definition) is 4. The molecule has 1 fully saturated rings. The summed E-state index contributed by atoms with van der Waals surface area (Å²) in [4.78, 5) is 47.3. The van der Waals surface area contributed by atoms with Crippen LogP contribution in [0.25, 0.3) is 0 Å². The van der Waals surface area contributed by atoms with E-state index in [4.69, 9.17) is 15.6 Å². The average Bonchev–Trinajstić information content (AvgIpc) is 3.33. The van der Waals surface area contributed by atoms with E-state index in [9.17, 15) is 32.7 Å². The highest BCUT2D eigenvalue weighted by Crippen LogP contribution is 2.20. The predicted octanol–water partition coefficient (Wildman–Crippen LogP) is 2.59. The van der Waals surface area contributed by atoms with E-state index in [2.05, 4.69) is 5.32 Å². The van der Waals surface area contributed by atoms with Crippen molar-refractivity contribution in [1.82, 2.24) is 10.2 Å². The maximum absolute atomic E-state index is 12.8. The molecule has 1 aliphatic heterocycles. The smallest absolute Gasteiger partial charge is 0.478 e. The molecule has 1 saturated heterocycles. The Balaban J connectivity index is 0.000000604. The quantitative estimate of drug-likeness (QED) is 0.415. The van der Waals surface area contributed by atoms with Gasteiger partial charge in [0.15, 0.2) is 0 Å². The second-order valence-electron chi connectivity index (χ2n) is 8.38. The number of carboxylic acids is 2. The van der Waals surface area contributed by atoms with E-state index in [1.807, 2.05) is 30.3 Å². The lowest BCUT2D eigenvalue weighted by molar-refractivity contribution is -0.192. The highest BCUT2D eigenvalue weighted by Gasteiger charge is 2.38. The first-order valence-electron chi connectivity index (χ1n) is 11.4. The molecule has 9 nitrogen and oxygen atoms in total. The summed E-state index contributed by atoms with van der Waals surface area (Å²) in [5, 5.41) is 19.2. The van der Waals surface area contributed by atoms with E-state index >= 15 is 0 Å². The number of aromatic carboxylic acids is 1. The molecule has 0 saturated carbocycles. The van der Waals surface area contributed by atoms with Gasteiger partial charge in [-0.3, -0.25) is 9.59 Å². The van der Waals surface area contributed by atoms with Crippen molar-refractivity contribution in [2.24, 2.45) is 5.73 Å². The average molecular weight is 524 g/mol. The number of amides is 2. The molecule has 200 valence electrons. The van der Waals surface area contributed by atoms with Crippen LogP contribution >= 0.6 is 0 Å². The van der Waals surface area contributed by atoms with Crippen LogP contribution in [0.1, 0.15) is 40.7 Å². The van der Waals surface area contributed by atoms with Crippen LogP contribution in [0.2, 0.25) is 0 Å². The van der Waals surface area contributed by atoms with Crippen LogP contribution in [0.3, 0.4) is 0 Å². The van der Waals surface area contributed by atoms with Gasteiger partial charge in [0, 0.05) is 25.6 Å². The van der Waals surface area contributed by atoms with Gasteiger partial charge in [-0.05, 0) is 36.5 Å². The number of nitrogens with zero attached hydrogens (tertiary/aromatic N) is 1. The monoisotopic (exact) mass is 523 g/mol. The standard InChI is InChI=1S/C23H27N3O4.C2HF3O2/c24-18(13-16-7-2-1-3-8-16)14-21(27)26-12-6-11-20(26)22(28)25-15-17-9-4-5-10-19(17)23(29)30;3-2(4,5)1(6)7/h1-5,7-10,18,20H,6,11-15,24H2,(H,25,28)(H,29,30);(H,6,7)/t18?,20-;/m0./s1. The van der Waals surface area contributed by atoms with Gasteiger partial charge >= 0.3 is 18.1 Å². The van der Waals surface area contributed by atoms with Crippen LogP contribution in [0, 0.1) is 0 Å². The number of benzene rings is 2. The normalized spacial score (nSPS) is 15.8. The fourth-order valence-electron chi connectivity index (χ4n) is 3.85. The maximum Gasteiger partial charge on any atom is 0.490 e. The molecule has 0 bridgehead atoms. The molecule has 0 aromatic heterocycles. The van der Waals surface area contributed by atoms with E-state index in [1.54, 1.807) is 23.1 Å². The summed E-state index contributed by atoms with van der Waals surface area (Å²) in [6, 6.07) is 15.5. The molecule has 1 aliphatic rings. The van der Waals surface area contributed by atoms with Gasteiger partial charge in [-0.2, -0.15) is 13.2 Å². The lowest BCUT2D eigenvalue weighted by Crippen LogP contribution is -2.47. The molecule has 1 unspecified atom stereocenters. The zero-order valence-corrected chi connectivity index (χ0v) is 19.8. The summed E-state index contributed by atoms with van der Waals surface area (Å²) >= 11 is 0. The van der Waals surface area contributed by atoms with Crippen LogP contribution in [0.5, 0.6) is 0 Å². The minimum Gasteiger partial charge on any atom is -0.478 e. The van der Waals surface area contributed by atoms with Crippen molar-refractivity contribution < 1.29 is 42.6 Å². The van der Waals surface area contributed by atoms with Crippen LogP contribution in [-0.4, -0.2) is 63.7 Å². The number of nitrogens with two attached hydrogens (primary N) is 1. The summed E-state index contributed by atoms with van der Waals surface area (Å²) in [5.41, 5.74) is 7.93. The third-order valence-corrected chi connectivity index (χ3v) is 5.60. The predicted molar refractivity (Wildman–Crippen MR) is 126 cm³/mol.